The predicted octanol–water partition coefficient (Wildman–Crippen LogP) is 3.73. The molecule has 1 aromatic carbocycles. The molecule has 1 saturated heterocycles. The maximum atomic E-state index is 11.9. The van der Waals surface area contributed by atoms with E-state index in [0.717, 1.165) is 25.4 Å². The number of carbonyl (C=O) groups excluding carboxylic acids is 1. The van der Waals surface area contributed by atoms with Gasteiger partial charge in [-0.2, -0.15) is 0 Å². The topological polar surface area (TPSA) is 83.0 Å². The second-order valence-corrected chi connectivity index (χ2v) is 8.81. The summed E-state index contributed by atoms with van der Waals surface area (Å²) in [5.74, 6) is 0.518. The average molecular weight is 447 g/mol. The van der Waals surface area contributed by atoms with E-state index < -0.39 is 0 Å². The molecular formula is C18H19BrN6OS. The molecule has 140 valence electrons. The van der Waals surface area contributed by atoms with Gasteiger partial charge in [-0.3, -0.25) is 0 Å². The predicted molar refractivity (Wildman–Crippen MR) is 111 cm³/mol. The smallest absolute Gasteiger partial charge is 0.318 e. The molecule has 0 radical (unpaired) electrons. The van der Waals surface area contributed by atoms with Crippen LogP contribution in [-0.2, 0) is 0 Å². The highest BCUT2D eigenvalue weighted by atomic mass is 79.9. The molecule has 2 aromatic heterocycles. The molecule has 0 spiro atoms. The number of nitrogens with one attached hydrogen (secondary N) is 2. The average Bonchev–Trinajstić information content (AvgIpc) is 3.18. The van der Waals surface area contributed by atoms with Crippen LogP contribution in [0.1, 0.15) is 13.8 Å². The largest absolute Gasteiger partial charge is 0.352 e. The molecule has 0 saturated carbocycles. The SMILES string of the molecule is CC1(C)CNC(=O)N1CCNc1ncc(Br)c(-c2nc3ccccc3s2)n1. The van der Waals surface area contributed by atoms with E-state index in [1.54, 1.807) is 17.5 Å². The number of fused-ring (bicyclic) bond motifs is 1. The van der Waals surface area contributed by atoms with Crippen molar-refractivity contribution in [3.8, 4) is 10.7 Å². The number of benzene rings is 1. The lowest BCUT2D eigenvalue weighted by Gasteiger charge is -2.29. The molecule has 0 aliphatic carbocycles. The van der Waals surface area contributed by atoms with Crippen LogP contribution in [0.3, 0.4) is 0 Å². The van der Waals surface area contributed by atoms with Crippen LogP contribution in [0, 0.1) is 0 Å². The van der Waals surface area contributed by atoms with E-state index in [4.69, 9.17) is 0 Å². The molecule has 1 fully saturated rings. The van der Waals surface area contributed by atoms with E-state index in [2.05, 4.69) is 41.5 Å². The molecule has 2 amide bonds. The molecule has 0 unspecified atom stereocenters. The maximum Gasteiger partial charge on any atom is 0.318 e. The monoisotopic (exact) mass is 446 g/mol. The summed E-state index contributed by atoms with van der Waals surface area (Å²) in [5, 5.41) is 6.93. The van der Waals surface area contributed by atoms with Gasteiger partial charge in [-0.25, -0.2) is 19.7 Å². The fraction of sp³-hybridized carbons (Fsp3) is 0.333. The summed E-state index contributed by atoms with van der Waals surface area (Å²) >= 11 is 5.12. The fourth-order valence-electron chi connectivity index (χ4n) is 3.02. The van der Waals surface area contributed by atoms with E-state index in [1.807, 2.05) is 43.0 Å². The lowest BCUT2D eigenvalue weighted by molar-refractivity contribution is 0.180. The highest BCUT2D eigenvalue weighted by Gasteiger charge is 2.36. The quantitative estimate of drug-likeness (QED) is 0.623. The first kappa shape index (κ1) is 18.1. The van der Waals surface area contributed by atoms with Gasteiger partial charge in [0.2, 0.25) is 5.95 Å². The molecule has 4 rings (SSSR count). The van der Waals surface area contributed by atoms with Crippen molar-refractivity contribution in [2.24, 2.45) is 0 Å². The van der Waals surface area contributed by atoms with Crippen molar-refractivity contribution >= 4 is 49.5 Å². The molecule has 0 atom stereocenters. The number of nitrogens with zero attached hydrogens (tertiary/aromatic N) is 4. The first-order valence-corrected chi connectivity index (χ1v) is 10.2. The van der Waals surface area contributed by atoms with Crippen LogP contribution < -0.4 is 10.6 Å². The van der Waals surface area contributed by atoms with Crippen molar-refractivity contribution in [2.75, 3.05) is 25.0 Å². The van der Waals surface area contributed by atoms with E-state index in [-0.39, 0.29) is 11.6 Å². The number of carbonyl (C=O) groups is 1. The zero-order valence-electron chi connectivity index (χ0n) is 15.0. The summed E-state index contributed by atoms with van der Waals surface area (Å²) in [6.45, 7) is 5.90. The Labute approximate surface area is 169 Å². The summed E-state index contributed by atoms with van der Waals surface area (Å²) < 4.78 is 1.92. The second kappa shape index (κ2) is 7.05. The van der Waals surface area contributed by atoms with Crippen molar-refractivity contribution in [3.05, 3.63) is 34.9 Å². The summed E-state index contributed by atoms with van der Waals surface area (Å²) in [5.41, 5.74) is 1.53. The Balaban J connectivity index is 1.50. The summed E-state index contributed by atoms with van der Waals surface area (Å²) in [6.07, 6.45) is 1.73. The Hall–Kier alpha value is -2.26. The number of hydrogen-bond acceptors (Lipinski definition) is 6. The van der Waals surface area contributed by atoms with Gasteiger partial charge in [0.1, 0.15) is 10.7 Å². The minimum absolute atomic E-state index is 0.0336. The number of rotatable bonds is 5. The minimum atomic E-state index is -0.189. The van der Waals surface area contributed by atoms with Crippen LogP contribution in [0.25, 0.3) is 20.9 Å². The molecule has 3 heterocycles. The van der Waals surface area contributed by atoms with Crippen molar-refractivity contribution < 1.29 is 4.79 Å². The highest BCUT2D eigenvalue weighted by Crippen LogP contribution is 2.33. The number of aromatic nitrogens is 3. The lowest BCUT2D eigenvalue weighted by Crippen LogP contribution is -2.44. The molecule has 9 heteroatoms. The summed E-state index contributed by atoms with van der Waals surface area (Å²) in [4.78, 5) is 27.4. The molecule has 1 aliphatic heterocycles. The number of para-hydroxylation sites is 1. The Morgan fingerprint density at radius 1 is 1.33 bits per heavy atom. The van der Waals surface area contributed by atoms with Crippen LogP contribution >= 0.6 is 27.3 Å². The number of thiazole rings is 1. The van der Waals surface area contributed by atoms with Gasteiger partial charge in [0.15, 0.2) is 0 Å². The first-order valence-electron chi connectivity index (χ1n) is 8.62. The van der Waals surface area contributed by atoms with E-state index in [1.165, 1.54) is 0 Å². The van der Waals surface area contributed by atoms with Crippen molar-refractivity contribution in [1.82, 2.24) is 25.2 Å². The van der Waals surface area contributed by atoms with Gasteiger partial charge in [-0.1, -0.05) is 12.1 Å². The minimum Gasteiger partial charge on any atom is -0.352 e. The van der Waals surface area contributed by atoms with Crippen LogP contribution in [0.5, 0.6) is 0 Å². The van der Waals surface area contributed by atoms with Gasteiger partial charge in [0.05, 0.1) is 20.2 Å². The molecule has 3 aromatic rings. The number of amides is 2. The number of halogens is 1. The number of anilines is 1. The molecule has 7 nitrogen and oxygen atoms in total. The van der Waals surface area contributed by atoms with Gasteiger partial charge in [0, 0.05) is 25.8 Å². The third-order valence-electron chi connectivity index (χ3n) is 4.51. The van der Waals surface area contributed by atoms with Crippen molar-refractivity contribution in [3.63, 3.8) is 0 Å². The Bertz CT molecular complexity index is 971. The number of hydrogen-bond donors (Lipinski definition) is 2. The fourth-order valence-corrected chi connectivity index (χ4v) is 4.50. The van der Waals surface area contributed by atoms with Crippen molar-refractivity contribution in [1.29, 1.82) is 0 Å². The van der Waals surface area contributed by atoms with Gasteiger partial charge in [-0.15, -0.1) is 11.3 Å². The van der Waals surface area contributed by atoms with Gasteiger partial charge >= 0.3 is 6.03 Å². The van der Waals surface area contributed by atoms with Gasteiger partial charge in [0.25, 0.3) is 0 Å². The summed E-state index contributed by atoms with van der Waals surface area (Å²) in [7, 11) is 0. The van der Waals surface area contributed by atoms with E-state index in [0.29, 0.717) is 25.6 Å². The van der Waals surface area contributed by atoms with Crippen LogP contribution in [0.2, 0.25) is 0 Å². The molecular weight excluding hydrogens is 428 g/mol. The molecule has 1 aliphatic rings. The van der Waals surface area contributed by atoms with Crippen LogP contribution in [0.4, 0.5) is 10.7 Å². The van der Waals surface area contributed by atoms with Gasteiger partial charge < -0.3 is 15.5 Å². The standard InChI is InChI=1S/C18H19BrN6OS/c1-18(2)10-22-17(26)25(18)8-7-20-16-21-9-11(19)14(24-16)15-23-12-5-3-4-6-13(12)27-15/h3-6,9H,7-8,10H2,1-2H3,(H,22,26)(H,20,21,24). The van der Waals surface area contributed by atoms with Crippen molar-refractivity contribution in [2.45, 2.75) is 19.4 Å². The Morgan fingerprint density at radius 3 is 2.89 bits per heavy atom. The molecule has 2 N–H and O–H groups in total. The molecule has 0 bridgehead atoms. The highest BCUT2D eigenvalue weighted by molar-refractivity contribution is 9.10. The Kier molecular flexibility index (Phi) is 4.73. The normalized spacial score (nSPS) is 16.0. The lowest BCUT2D eigenvalue weighted by atomic mass is 10.1. The van der Waals surface area contributed by atoms with Gasteiger partial charge in [-0.05, 0) is 41.9 Å². The summed E-state index contributed by atoms with van der Waals surface area (Å²) in [6, 6.07) is 7.99. The van der Waals surface area contributed by atoms with Crippen LogP contribution in [-0.4, -0.2) is 51.1 Å². The van der Waals surface area contributed by atoms with E-state index in [9.17, 15) is 4.79 Å². The molecule has 27 heavy (non-hydrogen) atoms. The maximum absolute atomic E-state index is 11.9. The third kappa shape index (κ3) is 3.61. The Morgan fingerprint density at radius 2 is 2.15 bits per heavy atom. The van der Waals surface area contributed by atoms with Crippen LogP contribution in [0.15, 0.2) is 34.9 Å². The first-order chi connectivity index (χ1) is 12.9. The van der Waals surface area contributed by atoms with E-state index >= 15 is 0 Å². The zero-order chi connectivity index (χ0) is 19.0. The third-order valence-corrected chi connectivity index (χ3v) is 6.13. The second-order valence-electron chi connectivity index (χ2n) is 6.93. The zero-order valence-corrected chi connectivity index (χ0v) is 17.4. The number of urea groups is 1.